The lowest BCUT2D eigenvalue weighted by Gasteiger charge is -2.37. The molecule has 6 nitrogen and oxygen atoms in total. The molecule has 2 unspecified atom stereocenters. The third-order valence-electron chi connectivity index (χ3n) is 4.90. The van der Waals surface area contributed by atoms with Crippen molar-refractivity contribution in [3.63, 3.8) is 0 Å². The highest BCUT2D eigenvalue weighted by molar-refractivity contribution is 5.81. The molecule has 142 valence electrons. The average Bonchev–Trinajstić information content (AvgIpc) is 2.73. The summed E-state index contributed by atoms with van der Waals surface area (Å²) in [5, 5.41) is 5.85. The van der Waals surface area contributed by atoms with Crippen LogP contribution in [0.2, 0.25) is 0 Å². The molecule has 1 aromatic carbocycles. The number of hydrogen-bond donors (Lipinski definition) is 2. The third kappa shape index (κ3) is 5.06. The topological polar surface area (TPSA) is 74.3 Å². The minimum atomic E-state index is -0.233. The van der Waals surface area contributed by atoms with Crippen molar-refractivity contribution in [1.82, 2.24) is 20.5 Å². The molecule has 1 aliphatic rings. The van der Waals surface area contributed by atoms with E-state index in [1.807, 2.05) is 37.3 Å². The molecule has 2 aromatic rings. The van der Waals surface area contributed by atoms with E-state index >= 15 is 0 Å². The zero-order chi connectivity index (χ0) is 19.1. The van der Waals surface area contributed by atoms with E-state index in [1.165, 1.54) is 0 Å². The van der Waals surface area contributed by atoms with E-state index in [0.29, 0.717) is 26.2 Å². The molecule has 2 heterocycles. The van der Waals surface area contributed by atoms with Crippen LogP contribution in [0.25, 0.3) is 0 Å². The van der Waals surface area contributed by atoms with Crippen molar-refractivity contribution in [1.29, 1.82) is 0 Å². The van der Waals surface area contributed by atoms with Crippen LogP contribution in [0.1, 0.15) is 30.4 Å². The van der Waals surface area contributed by atoms with E-state index in [2.05, 4.69) is 27.8 Å². The highest BCUT2D eigenvalue weighted by Gasteiger charge is 2.34. The smallest absolute Gasteiger partial charge is 0.317 e. The van der Waals surface area contributed by atoms with E-state index in [4.69, 9.17) is 0 Å². The van der Waals surface area contributed by atoms with Gasteiger partial charge in [-0.1, -0.05) is 36.4 Å². The quantitative estimate of drug-likeness (QED) is 0.854. The lowest BCUT2D eigenvalue weighted by atomic mass is 9.84. The van der Waals surface area contributed by atoms with Crippen LogP contribution >= 0.6 is 0 Å². The van der Waals surface area contributed by atoms with Gasteiger partial charge in [0, 0.05) is 44.5 Å². The lowest BCUT2D eigenvalue weighted by Crippen LogP contribution is -2.51. The van der Waals surface area contributed by atoms with E-state index in [1.54, 1.807) is 17.3 Å². The molecule has 3 amide bonds. The average molecular weight is 366 g/mol. The Bertz CT molecular complexity index is 751. The fourth-order valence-electron chi connectivity index (χ4n) is 3.52. The van der Waals surface area contributed by atoms with Gasteiger partial charge in [0.05, 0.1) is 5.92 Å². The first kappa shape index (κ1) is 18.9. The number of carbonyl (C=O) groups is 2. The Balaban J connectivity index is 1.70. The van der Waals surface area contributed by atoms with E-state index in [0.717, 1.165) is 17.5 Å². The van der Waals surface area contributed by atoms with Crippen molar-refractivity contribution in [3.8, 4) is 0 Å². The number of carbonyl (C=O) groups excluding carboxylic acids is 2. The molecule has 2 atom stereocenters. The fourth-order valence-corrected chi connectivity index (χ4v) is 3.52. The maximum absolute atomic E-state index is 12.8. The first-order chi connectivity index (χ1) is 13.2. The van der Waals surface area contributed by atoms with Gasteiger partial charge in [0.25, 0.3) is 0 Å². The van der Waals surface area contributed by atoms with Crippen LogP contribution in [0.15, 0.2) is 54.9 Å². The maximum atomic E-state index is 12.8. The van der Waals surface area contributed by atoms with Gasteiger partial charge in [-0.25, -0.2) is 4.79 Å². The van der Waals surface area contributed by atoms with Crippen LogP contribution in [0.3, 0.4) is 0 Å². The minimum Gasteiger partial charge on any atom is -0.352 e. The first-order valence-electron chi connectivity index (χ1n) is 9.41. The van der Waals surface area contributed by atoms with Gasteiger partial charge < -0.3 is 15.5 Å². The number of rotatable bonds is 5. The molecule has 0 aliphatic carbocycles. The van der Waals surface area contributed by atoms with E-state index in [-0.39, 0.29) is 23.8 Å². The Morgan fingerprint density at radius 3 is 2.63 bits per heavy atom. The Morgan fingerprint density at radius 1 is 1.11 bits per heavy atom. The summed E-state index contributed by atoms with van der Waals surface area (Å²) in [6.45, 7) is 3.98. The summed E-state index contributed by atoms with van der Waals surface area (Å²) in [5.41, 5.74) is 2.12. The molecule has 0 bridgehead atoms. The SMILES string of the molecule is CCNC(=O)N1CC(C(=O)NCc2cccnc2)CC(c2ccccc2)C1. The van der Waals surface area contributed by atoms with Gasteiger partial charge in [0.1, 0.15) is 0 Å². The minimum absolute atomic E-state index is 0.0196. The second-order valence-corrected chi connectivity index (χ2v) is 6.86. The highest BCUT2D eigenvalue weighted by atomic mass is 16.2. The summed E-state index contributed by atoms with van der Waals surface area (Å²) in [6.07, 6.45) is 4.19. The Labute approximate surface area is 160 Å². The number of nitrogens with zero attached hydrogens (tertiary/aromatic N) is 2. The number of benzene rings is 1. The normalized spacial score (nSPS) is 19.4. The van der Waals surface area contributed by atoms with E-state index in [9.17, 15) is 9.59 Å². The molecular formula is C21H26N4O2. The van der Waals surface area contributed by atoms with Crippen LogP contribution in [0.4, 0.5) is 4.79 Å². The van der Waals surface area contributed by atoms with Crippen molar-refractivity contribution in [2.24, 2.45) is 5.92 Å². The van der Waals surface area contributed by atoms with Crippen molar-refractivity contribution in [2.75, 3.05) is 19.6 Å². The van der Waals surface area contributed by atoms with Crippen molar-refractivity contribution < 1.29 is 9.59 Å². The second kappa shape index (κ2) is 9.16. The van der Waals surface area contributed by atoms with Gasteiger partial charge in [-0.3, -0.25) is 9.78 Å². The number of hydrogen-bond acceptors (Lipinski definition) is 3. The molecule has 1 saturated heterocycles. The zero-order valence-electron chi connectivity index (χ0n) is 15.6. The maximum Gasteiger partial charge on any atom is 0.317 e. The Morgan fingerprint density at radius 2 is 1.93 bits per heavy atom. The van der Waals surface area contributed by atoms with Gasteiger partial charge in [-0.15, -0.1) is 0 Å². The Hall–Kier alpha value is -2.89. The van der Waals surface area contributed by atoms with E-state index < -0.39 is 0 Å². The highest BCUT2D eigenvalue weighted by Crippen LogP contribution is 2.30. The predicted molar refractivity (Wildman–Crippen MR) is 104 cm³/mol. The molecule has 6 heteroatoms. The van der Waals surface area contributed by atoms with Crippen LogP contribution < -0.4 is 10.6 Å². The zero-order valence-corrected chi connectivity index (χ0v) is 15.6. The Kier molecular flexibility index (Phi) is 6.41. The number of pyridine rings is 1. The van der Waals surface area contributed by atoms with Crippen molar-refractivity contribution in [2.45, 2.75) is 25.8 Å². The molecule has 1 aromatic heterocycles. The van der Waals surface area contributed by atoms with Crippen molar-refractivity contribution >= 4 is 11.9 Å². The summed E-state index contributed by atoms with van der Waals surface area (Å²) in [4.78, 5) is 31.0. The van der Waals surface area contributed by atoms with Gasteiger partial charge in [0.15, 0.2) is 0 Å². The van der Waals surface area contributed by atoms with Crippen LogP contribution in [-0.4, -0.2) is 41.5 Å². The molecule has 0 radical (unpaired) electrons. The summed E-state index contributed by atoms with van der Waals surface area (Å²) >= 11 is 0. The number of nitrogens with one attached hydrogen (secondary N) is 2. The summed E-state index contributed by atoms with van der Waals surface area (Å²) in [5.74, 6) is -0.103. The van der Waals surface area contributed by atoms with Gasteiger partial charge in [-0.2, -0.15) is 0 Å². The summed E-state index contributed by atoms with van der Waals surface area (Å²) < 4.78 is 0. The largest absolute Gasteiger partial charge is 0.352 e. The molecule has 0 spiro atoms. The monoisotopic (exact) mass is 366 g/mol. The molecule has 1 fully saturated rings. The van der Waals surface area contributed by atoms with Crippen LogP contribution in [-0.2, 0) is 11.3 Å². The number of amides is 3. The number of likely N-dealkylation sites (tertiary alicyclic amines) is 1. The van der Waals surface area contributed by atoms with Gasteiger partial charge in [0.2, 0.25) is 5.91 Å². The predicted octanol–water partition coefficient (Wildman–Crippen LogP) is 2.53. The second-order valence-electron chi connectivity index (χ2n) is 6.86. The lowest BCUT2D eigenvalue weighted by molar-refractivity contribution is -0.126. The fraction of sp³-hybridized carbons (Fsp3) is 0.381. The molecule has 2 N–H and O–H groups in total. The molecule has 1 aliphatic heterocycles. The van der Waals surface area contributed by atoms with Crippen LogP contribution in [0, 0.1) is 5.92 Å². The number of aromatic nitrogens is 1. The van der Waals surface area contributed by atoms with Crippen molar-refractivity contribution in [3.05, 3.63) is 66.0 Å². The molecular weight excluding hydrogens is 340 g/mol. The summed E-state index contributed by atoms with van der Waals surface area (Å²) in [7, 11) is 0. The number of urea groups is 1. The number of piperidine rings is 1. The summed E-state index contributed by atoms with van der Waals surface area (Å²) in [6, 6.07) is 13.8. The van der Waals surface area contributed by atoms with Gasteiger partial charge >= 0.3 is 6.03 Å². The molecule has 0 saturated carbocycles. The standard InChI is InChI=1S/C21H26N4O2/c1-2-23-21(27)25-14-18(17-8-4-3-5-9-17)11-19(15-25)20(26)24-13-16-7-6-10-22-12-16/h3-10,12,18-19H,2,11,13-15H2,1H3,(H,23,27)(H,24,26). The third-order valence-corrected chi connectivity index (χ3v) is 4.90. The van der Waals surface area contributed by atoms with Gasteiger partial charge in [-0.05, 0) is 30.5 Å². The molecule has 3 rings (SSSR count). The first-order valence-corrected chi connectivity index (χ1v) is 9.41. The molecule has 27 heavy (non-hydrogen) atoms. The van der Waals surface area contributed by atoms with Crippen LogP contribution in [0.5, 0.6) is 0 Å².